The first-order chi connectivity index (χ1) is 15.1. The van der Waals surface area contributed by atoms with Crippen molar-refractivity contribution in [3.8, 4) is 0 Å². The topological polar surface area (TPSA) is 49.3 Å². The average molecular weight is 417 g/mol. The number of nitrogens with zero attached hydrogens (tertiary/aromatic N) is 4. The molecule has 4 heterocycles. The molecule has 4 aliphatic rings. The third kappa shape index (κ3) is 3.20. The molecule has 2 aromatic rings. The highest BCUT2D eigenvalue weighted by Gasteiger charge is 2.47. The van der Waals surface area contributed by atoms with Crippen molar-refractivity contribution in [3.63, 3.8) is 0 Å². The molecule has 5 nitrogen and oxygen atoms in total. The molecule has 0 radical (unpaired) electrons. The first kappa shape index (κ1) is 19.4. The van der Waals surface area contributed by atoms with Crippen molar-refractivity contribution in [1.29, 1.82) is 0 Å². The molecule has 3 fully saturated rings. The summed E-state index contributed by atoms with van der Waals surface area (Å²) >= 11 is 0. The number of aryl methyl sites for hydroxylation is 2. The molecule has 162 valence electrons. The Kier molecular flexibility index (Phi) is 4.64. The van der Waals surface area contributed by atoms with Crippen LogP contribution in [0, 0.1) is 25.7 Å². The van der Waals surface area contributed by atoms with Gasteiger partial charge in [-0.25, -0.2) is 9.97 Å². The lowest BCUT2D eigenvalue weighted by molar-refractivity contribution is 0.00148. The lowest BCUT2D eigenvalue weighted by atomic mass is 9.68. The zero-order valence-electron chi connectivity index (χ0n) is 18.7. The van der Waals surface area contributed by atoms with Gasteiger partial charge in [0.05, 0.1) is 28.5 Å². The molecule has 2 bridgehead atoms. The molecule has 6 rings (SSSR count). The molecule has 0 N–H and O–H groups in total. The van der Waals surface area contributed by atoms with Crippen molar-refractivity contribution in [2.24, 2.45) is 11.8 Å². The number of hydrogen-bond acceptors (Lipinski definition) is 4. The predicted octanol–water partition coefficient (Wildman–Crippen LogP) is 4.28. The lowest BCUT2D eigenvalue weighted by Gasteiger charge is -2.54. The van der Waals surface area contributed by atoms with Gasteiger partial charge in [-0.15, -0.1) is 0 Å². The minimum absolute atomic E-state index is 0.164. The number of rotatable bonds is 1. The zero-order valence-corrected chi connectivity index (χ0v) is 18.7. The molecule has 3 aliphatic heterocycles. The number of benzene rings is 1. The molecule has 0 saturated carbocycles. The van der Waals surface area contributed by atoms with Crippen LogP contribution in [-0.4, -0.2) is 57.4 Å². The van der Waals surface area contributed by atoms with Gasteiger partial charge in [-0.05, 0) is 82.5 Å². The summed E-state index contributed by atoms with van der Waals surface area (Å²) in [5.74, 6) is 1.44. The summed E-state index contributed by atoms with van der Waals surface area (Å²) in [6, 6.07) is 6.87. The number of aromatic nitrogens is 2. The van der Waals surface area contributed by atoms with Crippen LogP contribution >= 0.6 is 0 Å². The van der Waals surface area contributed by atoms with Crippen LogP contribution < -0.4 is 0 Å². The highest BCUT2D eigenvalue weighted by atomic mass is 16.2. The number of carbonyl (C=O) groups excluding carboxylic acids is 1. The minimum Gasteiger partial charge on any atom is -0.332 e. The summed E-state index contributed by atoms with van der Waals surface area (Å²) in [4.78, 5) is 28.0. The largest absolute Gasteiger partial charge is 0.332 e. The maximum atomic E-state index is 13.7. The molecule has 4 atom stereocenters. The molecule has 1 aromatic heterocycles. The quantitative estimate of drug-likeness (QED) is 0.651. The number of likely N-dealkylation sites (tertiary alicyclic amines) is 1. The maximum absolute atomic E-state index is 13.7. The number of hydrogen-bond donors (Lipinski definition) is 0. The van der Waals surface area contributed by atoms with E-state index in [1.54, 1.807) is 0 Å². The van der Waals surface area contributed by atoms with E-state index in [9.17, 15) is 4.79 Å². The van der Waals surface area contributed by atoms with E-state index < -0.39 is 0 Å². The molecule has 1 aliphatic carbocycles. The first-order valence-corrected chi connectivity index (χ1v) is 12.1. The van der Waals surface area contributed by atoms with Crippen LogP contribution in [0.15, 0.2) is 29.8 Å². The van der Waals surface area contributed by atoms with Crippen molar-refractivity contribution < 1.29 is 4.79 Å². The van der Waals surface area contributed by atoms with Crippen LogP contribution in [0.1, 0.15) is 60.3 Å². The van der Waals surface area contributed by atoms with Crippen molar-refractivity contribution in [3.05, 3.63) is 46.8 Å². The Morgan fingerprint density at radius 3 is 2.74 bits per heavy atom. The molecule has 5 heteroatoms. The van der Waals surface area contributed by atoms with Gasteiger partial charge in [-0.2, -0.15) is 0 Å². The number of carbonyl (C=O) groups is 1. The average Bonchev–Trinajstić information content (AvgIpc) is 2.79. The van der Waals surface area contributed by atoms with Crippen LogP contribution in [-0.2, 0) is 0 Å². The zero-order chi connectivity index (χ0) is 21.1. The van der Waals surface area contributed by atoms with Gasteiger partial charge < -0.3 is 4.90 Å². The Morgan fingerprint density at radius 1 is 1.03 bits per heavy atom. The Morgan fingerprint density at radius 2 is 1.87 bits per heavy atom. The van der Waals surface area contributed by atoms with E-state index in [-0.39, 0.29) is 11.9 Å². The van der Waals surface area contributed by atoms with Crippen LogP contribution in [0.5, 0.6) is 0 Å². The Hall–Kier alpha value is -2.27. The summed E-state index contributed by atoms with van der Waals surface area (Å²) in [6.07, 6.45) is 10.1. The van der Waals surface area contributed by atoms with E-state index >= 15 is 0 Å². The Balaban J connectivity index is 1.33. The first-order valence-electron chi connectivity index (χ1n) is 12.1. The summed E-state index contributed by atoms with van der Waals surface area (Å²) < 4.78 is 0. The fraction of sp³-hybridized carbons (Fsp3) is 0.577. The summed E-state index contributed by atoms with van der Waals surface area (Å²) in [5, 5.41) is 0. The van der Waals surface area contributed by atoms with E-state index in [0.29, 0.717) is 11.8 Å². The van der Waals surface area contributed by atoms with E-state index in [1.165, 1.54) is 37.8 Å². The number of piperidine rings is 3. The summed E-state index contributed by atoms with van der Waals surface area (Å²) in [5.41, 5.74) is 5.85. The third-order valence-corrected chi connectivity index (χ3v) is 8.24. The van der Waals surface area contributed by atoms with Gasteiger partial charge in [0, 0.05) is 24.7 Å². The second-order valence-electron chi connectivity index (χ2n) is 10.1. The highest BCUT2D eigenvalue weighted by molar-refractivity contribution is 5.97. The van der Waals surface area contributed by atoms with E-state index in [0.717, 1.165) is 60.0 Å². The van der Waals surface area contributed by atoms with Crippen LogP contribution in [0.3, 0.4) is 0 Å². The Bertz CT molecular complexity index is 1080. The van der Waals surface area contributed by atoms with Gasteiger partial charge in [0.1, 0.15) is 0 Å². The van der Waals surface area contributed by atoms with Crippen molar-refractivity contribution in [2.45, 2.75) is 64.5 Å². The van der Waals surface area contributed by atoms with Crippen LogP contribution in [0.2, 0.25) is 0 Å². The van der Waals surface area contributed by atoms with Gasteiger partial charge in [0.2, 0.25) is 0 Å². The van der Waals surface area contributed by atoms with E-state index in [4.69, 9.17) is 0 Å². The molecular formula is C26H32N4O. The van der Waals surface area contributed by atoms with E-state index in [1.807, 2.05) is 32.0 Å². The van der Waals surface area contributed by atoms with Gasteiger partial charge in [0.15, 0.2) is 0 Å². The monoisotopic (exact) mass is 416 g/mol. The molecule has 3 saturated heterocycles. The Labute approximate surface area is 184 Å². The normalized spacial score (nSPS) is 30.5. The predicted molar refractivity (Wildman–Crippen MR) is 122 cm³/mol. The highest BCUT2D eigenvalue weighted by Crippen LogP contribution is 2.45. The molecule has 0 spiro atoms. The van der Waals surface area contributed by atoms with E-state index in [2.05, 4.69) is 25.8 Å². The maximum Gasteiger partial charge on any atom is 0.254 e. The second kappa shape index (κ2) is 7.40. The molecule has 31 heavy (non-hydrogen) atoms. The second-order valence-corrected chi connectivity index (χ2v) is 10.1. The van der Waals surface area contributed by atoms with Crippen molar-refractivity contribution in [2.75, 3.05) is 19.6 Å². The minimum atomic E-state index is 0.164. The van der Waals surface area contributed by atoms with Gasteiger partial charge in [-0.3, -0.25) is 9.69 Å². The fourth-order valence-electron chi connectivity index (χ4n) is 6.73. The number of amides is 1. The fourth-order valence-corrected chi connectivity index (χ4v) is 6.73. The smallest absolute Gasteiger partial charge is 0.254 e. The van der Waals surface area contributed by atoms with Gasteiger partial charge >= 0.3 is 0 Å². The van der Waals surface area contributed by atoms with Gasteiger partial charge in [-0.1, -0.05) is 18.1 Å². The third-order valence-electron chi connectivity index (χ3n) is 8.24. The van der Waals surface area contributed by atoms with Crippen LogP contribution in [0.4, 0.5) is 0 Å². The molecule has 1 aromatic carbocycles. The van der Waals surface area contributed by atoms with Crippen molar-refractivity contribution in [1.82, 2.24) is 19.8 Å². The van der Waals surface area contributed by atoms with Crippen LogP contribution in [0.25, 0.3) is 11.0 Å². The molecule has 0 unspecified atom stereocenters. The SMILES string of the molecule is Cc1nc2ccc(C(=O)N3CCCC4=C[C@@H]5C[C@H](CN6CCCC[C@@H]56)[C@H]43)cc2nc1C. The molecular weight excluding hydrogens is 384 g/mol. The number of fused-ring (bicyclic) bond motifs is 7. The van der Waals surface area contributed by atoms with Gasteiger partial charge in [0.25, 0.3) is 5.91 Å². The molecule has 1 amide bonds. The van der Waals surface area contributed by atoms with Crippen molar-refractivity contribution >= 4 is 16.9 Å². The summed E-state index contributed by atoms with van der Waals surface area (Å²) in [6.45, 7) is 7.23. The lowest BCUT2D eigenvalue weighted by Crippen LogP contribution is -2.60. The standard InChI is InChI=1S/C26H32N4O/c1-16-17(2)28-23-14-19(8-9-22(23)27-16)26(31)30-11-5-6-18-12-20-13-21(25(18)30)15-29-10-4-3-7-24(20)29/h8-9,12,14,20-21,24-25H,3-7,10-11,13,15H2,1-2H3/t20-,21-,24+,25+/m1/s1. The summed E-state index contributed by atoms with van der Waals surface area (Å²) in [7, 11) is 0.